The van der Waals surface area contributed by atoms with Crippen LogP contribution < -0.4 is 5.32 Å². The summed E-state index contributed by atoms with van der Waals surface area (Å²) in [5.41, 5.74) is -1.67. The van der Waals surface area contributed by atoms with Gasteiger partial charge in [-0.05, 0) is 39.8 Å². The lowest BCUT2D eigenvalue weighted by Gasteiger charge is -2.29. The number of hydrogen-bond acceptors (Lipinski definition) is 6. The molecule has 9 heteroatoms. The number of carbonyl (C=O) groups excluding carboxylic acids is 2. The van der Waals surface area contributed by atoms with Gasteiger partial charge in [-0.1, -0.05) is 0 Å². The van der Waals surface area contributed by atoms with Gasteiger partial charge in [0.1, 0.15) is 11.4 Å². The van der Waals surface area contributed by atoms with Crippen molar-refractivity contribution in [2.24, 2.45) is 0 Å². The summed E-state index contributed by atoms with van der Waals surface area (Å²) in [6, 6.07) is 1.34. The number of rotatable bonds is 6. The zero-order valence-corrected chi connectivity index (χ0v) is 14.7. The number of nitrogens with one attached hydrogen (secondary N) is 1. The van der Waals surface area contributed by atoms with Gasteiger partial charge < -0.3 is 14.8 Å². The Morgan fingerprint density at radius 2 is 1.92 bits per heavy atom. The maximum atomic E-state index is 13.2. The number of amides is 1. The Hall–Kier alpha value is -2.55. The number of halogens is 1. The summed E-state index contributed by atoms with van der Waals surface area (Å²) < 4.78 is 23.5. The molecule has 138 valence electrons. The second kappa shape index (κ2) is 8.02. The Labute approximate surface area is 144 Å². The smallest absolute Gasteiger partial charge is 0.331 e. The van der Waals surface area contributed by atoms with Crippen molar-refractivity contribution in [1.82, 2.24) is 5.32 Å². The average molecular weight is 356 g/mol. The zero-order valence-electron chi connectivity index (χ0n) is 14.7. The van der Waals surface area contributed by atoms with Crippen LogP contribution in [0.5, 0.6) is 0 Å². The number of esters is 1. The predicted octanol–water partition coefficient (Wildman–Crippen LogP) is 2.21. The fraction of sp³-hybridized carbons (Fsp3) is 0.500. The number of ether oxygens (including phenoxy) is 2. The van der Waals surface area contributed by atoms with Crippen LogP contribution in [0.15, 0.2) is 18.2 Å². The topological polar surface area (TPSA) is 108 Å². The molecule has 0 aliphatic carbocycles. The molecule has 1 amide bonds. The largest absolute Gasteiger partial charge is 0.467 e. The van der Waals surface area contributed by atoms with Crippen molar-refractivity contribution in [2.75, 3.05) is 7.11 Å². The normalized spacial score (nSPS) is 13.7. The van der Waals surface area contributed by atoms with E-state index in [0.29, 0.717) is 6.07 Å². The van der Waals surface area contributed by atoms with Gasteiger partial charge in [-0.25, -0.2) is 9.18 Å². The van der Waals surface area contributed by atoms with Gasteiger partial charge in [0.2, 0.25) is 0 Å². The van der Waals surface area contributed by atoms with Crippen molar-refractivity contribution in [3.05, 3.63) is 39.7 Å². The highest BCUT2D eigenvalue weighted by Gasteiger charge is 2.33. The summed E-state index contributed by atoms with van der Waals surface area (Å²) in [4.78, 5) is 34.5. The maximum Gasteiger partial charge on any atom is 0.331 e. The van der Waals surface area contributed by atoms with Crippen LogP contribution in [0.2, 0.25) is 0 Å². The van der Waals surface area contributed by atoms with Crippen molar-refractivity contribution in [3.8, 4) is 0 Å². The highest BCUT2D eigenvalue weighted by molar-refractivity contribution is 6.00. The average Bonchev–Trinajstić information content (AvgIpc) is 2.49. The van der Waals surface area contributed by atoms with Gasteiger partial charge in [0.05, 0.1) is 29.8 Å². The number of nitrogens with zero attached hydrogens (tertiary/aromatic N) is 1. The number of hydrogen-bond donors (Lipinski definition) is 1. The molecule has 0 radical (unpaired) electrons. The Kier molecular flexibility index (Phi) is 6.57. The quantitative estimate of drug-likeness (QED) is 0.476. The standard InChI is InChI=1S/C16H21FN2O6/c1-9(25-16(2,3)4)13(15(21)24-5)18-14(20)11-7-6-10(17)8-12(11)19(22)23/h6-9,13H,1-5H3,(H,18,20)/t9?,13-/m0/s1. The van der Waals surface area contributed by atoms with Crippen molar-refractivity contribution in [2.45, 2.75) is 45.4 Å². The van der Waals surface area contributed by atoms with Gasteiger partial charge in [-0.3, -0.25) is 14.9 Å². The molecule has 0 bridgehead atoms. The first-order chi connectivity index (χ1) is 11.5. The van der Waals surface area contributed by atoms with Crippen LogP contribution in [0.4, 0.5) is 10.1 Å². The molecule has 1 aromatic rings. The fourth-order valence-corrected chi connectivity index (χ4v) is 2.19. The third-order valence-electron chi connectivity index (χ3n) is 3.15. The van der Waals surface area contributed by atoms with E-state index < -0.39 is 46.1 Å². The van der Waals surface area contributed by atoms with Crippen molar-refractivity contribution in [3.63, 3.8) is 0 Å². The number of nitro benzene ring substituents is 1. The van der Waals surface area contributed by atoms with E-state index >= 15 is 0 Å². The van der Waals surface area contributed by atoms with Gasteiger partial charge in [0.25, 0.3) is 11.6 Å². The molecule has 1 N–H and O–H groups in total. The molecule has 0 saturated heterocycles. The molecule has 0 aromatic heterocycles. The van der Waals surface area contributed by atoms with Crippen LogP contribution >= 0.6 is 0 Å². The molecule has 1 aromatic carbocycles. The third kappa shape index (κ3) is 5.79. The van der Waals surface area contributed by atoms with E-state index in [0.717, 1.165) is 19.2 Å². The first-order valence-corrected chi connectivity index (χ1v) is 7.46. The fourth-order valence-electron chi connectivity index (χ4n) is 2.19. The number of carbonyl (C=O) groups is 2. The Morgan fingerprint density at radius 1 is 1.32 bits per heavy atom. The van der Waals surface area contributed by atoms with Crippen molar-refractivity contribution in [1.29, 1.82) is 0 Å². The van der Waals surface area contributed by atoms with Crippen LogP contribution in [0, 0.1) is 15.9 Å². The second-order valence-corrected chi connectivity index (χ2v) is 6.33. The SMILES string of the molecule is COC(=O)[C@@H](NC(=O)c1ccc(F)cc1[N+](=O)[O-])C(C)OC(C)(C)C. The molecule has 8 nitrogen and oxygen atoms in total. The van der Waals surface area contributed by atoms with Gasteiger partial charge in [-0.2, -0.15) is 0 Å². The summed E-state index contributed by atoms with van der Waals surface area (Å²) in [7, 11) is 1.14. The highest BCUT2D eigenvalue weighted by Crippen LogP contribution is 2.20. The van der Waals surface area contributed by atoms with E-state index in [-0.39, 0.29) is 5.56 Å². The molecular formula is C16H21FN2O6. The lowest BCUT2D eigenvalue weighted by molar-refractivity contribution is -0.385. The van der Waals surface area contributed by atoms with E-state index in [4.69, 9.17) is 4.74 Å². The summed E-state index contributed by atoms with van der Waals surface area (Å²) >= 11 is 0. The van der Waals surface area contributed by atoms with Crippen molar-refractivity contribution < 1.29 is 28.4 Å². The van der Waals surface area contributed by atoms with Gasteiger partial charge >= 0.3 is 5.97 Å². The molecule has 0 heterocycles. The van der Waals surface area contributed by atoms with Crippen LogP contribution in [-0.4, -0.2) is 41.7 Å². The molecule has 2 atom stereocenters. The molecule has 0 spiro atoms. The van der Waals surface area contributed by atoms with E-state index in [1.54, 1.807) is 27.7 Å². The lowest BCUT2D eigenvalue weighted by Crippen LogP contribution is -2.51. The number of benzene rings is 1. The Balaban J connectivity index is 3.11. The summed E-state index contributed by atoms with van der Waals surface area (Å²) in [5.74, 6) is -2.53. The Bertz CT molecular complexity index is 671. The number of nitro groups is 1. The summed E-state index contributed by atoms with van der Waals surface area (Å²) in [6.07, 6.45) is -0.768. The minimum absolute atomic E-state index is 0.372. The second-order valence-electron chi connectivity index (χ2n) is 6.33. The van der Waals surface area contributed by atoms with Gasteiger partial charge in [0, 0.05) is 0 Å². The van der Waals surface area contributed by atoms with Crippen LogP contribution in [0.1, 0.15) is 38.1 Å². The van der Waals surface area contributed by atoms with E-state index in [1.165, 1.54) is 0 Å². The molecule has 0 aliphatic heterocycles. The van der Waals surface area contributed by atoms with Crippen LogP contribution in [0.25, 0.3) is 0 Å². The van der Waals surface area contributed by atoms with Gasteiger partial charge in [-0.15, -0.1) is 0 Å². The molecular weight excluding hydrogens is 335 g/mol. The lowest BCUT2D eigenvalue weighted by atomic mass is 10.1. The molecule has 0 saturated carbocycles. The molecule has 0 aliphatic rings. The molecule has 25 heavy (non-hydrogen) atoms. The van der Waals surface area contributed by atoms with Crippen LogP contribution in [0.3, 0.4) is 0 Å². The Morgan fingerprint density at radius 3 is 2.40 bits per heavy atom. The minimum Gasteiger partial charge on any atom is -0.467 e. The van der Waals surface area contributed by atoms with Crippen LogP contribution in [-0.2, 0) is 14.3 Å². The predicted molar refractivity (Wildman–Crippen MR) is 86.6 cm³/mol. The summed E-state index contributed by atoms with van der Waals surface area (Å²) in [5, 5.41) is 13.4. The zero-order chi connectivity index (χ0) is 19.4. The number of methoxy groups -OCH3 is 1. The van der Waals surface area contributed by atoms with E-state index in [2.05, 4.69) is 10.1 Å². The molecule has 0 fully saturated rings. The first kappa shape index (κ1) is 20.5. The summed E-state index contributed by atoms with van der Waals surface area (Å²) in [6.45, 7) is 6.87. The molecule has 1 rings (SSSR count). The highest BCUT2D eigenvalue weighted by atomic mass is 19.1. The maximum absolute atomic E-state index is 13.2. The minimum atomic E-state index is -1.19. The van der Waals surface area contributed by atoms with Crippen molar-refractivity contribution >= 4 is 17.6 Å². The first-order valence-electron chi connectivity index (χ1n) is 7.46. The third-order valence-corrected chi connectivity index (χ3v) is 3.15. The monoisotopic (exact) mass is 356 g/mol. The van der Waals surface area contributed by atoms with E-state index in [9.17, 15) is 24.1 Å². The van der Waals surface area contributed by atoms with E-state index in [1.807, 2.05) is 0 Å². The van der Waals surface area contributed by atoms with Gasteiger partial charge in [0.15, 0.2) is 6.04 Å². The molecule has 1 unspecified atom stereocenters.